The summed E-state index contributed by atoms with van der Waals surface area (Å²) in [4.78, 5) is 12.3. The summed E-state index contributed by atoms with van der Waals surface area (Å²) in [7, 11) is 0. The monoisotopic (exact) mass is 237 g/mol. The Hall–Kier alpha value is -2.42. The molecule has 3 nitrogen and oxygen atoms in total. The van der Waals surface area contributed by atoms with Crippen LogP contribution in [0.15, 0.2) is 53.7 Å². The van der Waals surface area contributed by atoms with Gasteiger partial charge in [-0.3, -0.25) is 4.79 Å². The van der Waals surface area contributed by atoms with Crippen molar-refractivity contribution in [2.24, 2.45) is 5.16 Å². The van der Waals surface area contributed by atoms with E-state index in [1.54, 1.807) is 6.07 Å². The topological polar surface area (TPSA) is 49.7 Å². The molecule has 2 aromatic rings. The number of fused-ring (bicyclic) bond motifs is 2. The first-order chi connectivity index (χ1) is 8.81. The molecule has 1 N–H and O–H groups in total. The number of carbonyl (C=O) groups excluding carboxylic acids is 1. The number of rotatable bonds is 0. The van der Waals surface area contributed by atoms with Crippen molar-refractivity contribution in [2.45, 2.75) is 6.42 Å². The fraction of sp³-hybridized carbons (Fsp3) is 0.0667. The average Bonchev–Trinajstić information content (AvgIpc) is 2.53. The molecule has 3 heteroatoms. The molecular weight excluding hydrogens is 226 g/mol. The van der Waals surface area contributed by atoms with Crippen molar-refractivity contribution in [1.29, 1.82) is 0 Å². The second-order valence-electron chi connectivity index (χ2n) is 4.27. The summed E-state index contributed by atoms with van der Waals surface area (Å²) >= 11 is 0. The van der Waals surface area contributed by atoms with E-state index in [-0.39, 0.29) is 11.5 Å². The van der Waals surface area contributed by atoms with Crippen LogP contribution in [0.1, 0.15) is 27.0 Å². The van der Waals surface area contributed by atoms with E-state index in [0.29, 0.717) is 17.5 Å². The number of hydrogen-bond donors (Lipinski definition) is 1. The van der Waals surface area contributed by atoms with Crippen LogP contribution < -0.4 is 0 Å². The van der Waals surface area contributed by atoms with Gasteiger partial charge in [-0.25, -0.2) is 0 Å². The van der Waals surface area contributed by atoms with Crippen molar-refractivity contribution < 1.29 is 10.0 Å². The molecule has 0 spiro atoms. The predicted octanol–water partition coefficient (Wildman–Crippen LogP) is 2.65. The lowest BCUT2D eigenvalue weighted by molar-refractivity contribution is 0.106. The van der Waals surface area contributed by atoms with Gasteiger partial charge in [-0.15, -0.1) is 0 Å². The highest BCUT2D eigenvalue weighted by Gasteiger charge is 2.25. The lowest BCUT2D eigenvalue weighted by atomic mass is 10.0. The van der Waals surface area contributed by atoms with Crippen LogP contribution in [-0.2, 0) is 6.42 Å². The Bertz CT molecular complexity index is 659. The van der Waals surface area contributed by atoms with Gasteiger partial charge in [0.15, 0.2) is 5.71 Å². The van der Waals surface area contributed by atoms with E-state index in [1.165, 1.54) is 0 Å². The van der Waals surface area contributed by atoms with Gasteiger partial charge in [0.05, 0.1) is 0 Å². The largest absolute Gasteiger partial charge is 0.410 e. The molecule has 0 heterocycles. The molecule has 18 heavy (non-hydrogen) atoms. The van der Waals surface area contributed by atoms with Crippen LogP contribution >= 0.6 is 0 Å². The lowest BCUT2D eigenvalue weighted by Crippen LogP contribution is -2.15. The molecule has 0 unspecified atom stereocenters. The van der Waals surface area contributed by atoms with Crippen LogP contribution in [0.25, 0.3) is 0 Å². The summed E-state index contributed by atoms with van der Waals surface area (Å²) in [6.07, 6.45) is 0.678. The third kappa shape index (κ3) is 1.52. The van der Waals surface area contributed by atoms with Gasteiger partial charge < -0.3 is 5.21 Å². The van der Waals surface area contributed by atoms with Gasteiger partial charge in [-0.1, -0.05) is 53.7 Å². The SMILES string of the molecule is O=C1/C(=N/O)c2ccccc2Cc2ccccc21. The fourth-order valence-corrected chi connectivity index (χ4v) is 2.36. The number of ketones is 1. The van der Waals surface area contributed by atoms with Crippen LogP contribution in [0, 0.1) is 0 Å². The molecular formula is C15H11NO2. The molecule has 0 saturated carbocycles. The smallest absolute Gasteiger partial charge is 0.215 e. The summed E-state index contributed by atoms with van der Waals surface area (Å²) < 4.78 is 0. The summed E-state index contributed by atoms with van der Waals surface area (Å²) in [6.45, 7) is 0. The quantitative estimate of drug-likeness (QED) is 0.565. The highest BCUT2D eigenvalue weighted by atomic mass is 16.4. The fourth-order valence-electron chi connectivity index (χ4n) is 2.36. The molecule has 1 aliphatic rings. The first-order valence-electron chi connectivity index (χ1n) is 5.74. The van der Waals surface area contributed by atoms with E-state index in [4.69, 9.17) is 5.21 Å². The van der Waals surface area contributed by atoms with E-state index in [1.807, 2.05) is 42.5 Å². The molecule has 3 rings (SSSR count). The van der Waals surface area contributed by atoms with E-state index < -0.39 is 0 Å². The van der Waals surface area contributed by atoms with Crippen LogP contribution in [0.2, 0.25) is 0 Å². The third-order valence-electron chi connectivity index (χ3n) is 3.23. The van der Waals surface area contributed by atoms with Crippen molar-refractivity contribution >= 4 is 11.5 Å². The maximum Gasteiger partial charge on any atom is 0.215 e. The standard InChI is InChI=1S/C15H11NO2/c17-15-13-8-4-2-6-11(13)9-10-5-1-3-7-12(10)14(15)16-18/h1-8,18H,9H2/b16-14+. The van der Waals surface area contributed by atoms with E-state index in [9.17, 15) is 4.79 Å². The van der Waals surface area contributed by atoms with Crippen molar-refractivity contribution in [3.05, 3.63) is 70.8 Å². The van der Waals surface area contributed by atoms with Crippen LogP contribution in [0.4, 0.5) is 0 Å². The first kappa shape index (κ1) is 10.7. The Kier molecular flexibility index (Phi) is 2.45. The van der Waals surface area contributed by atoms with Crippen LogP contribution in [0.3, 0.4) is 0 Å². The zero-order valence-electron chi connectivity index (χ0n) is 9.63. The maximum atomic E-state index is 12.3. The highest BCUT2D eigenvalue weighted by molar-refractivity contribution is 6.52. The van der Waals surface area contributed by atoms with Crippen molar-refractivity contribution in [3.63, 3.8) is 0 Å². The van der Waals surface area contributed by atoms with E-state index >= 15 is 0 Å². The molecule has 0 bridgehead atoms. The third-order valence-corrected chi connectivity index (χ3v) is 3.23. The van der Waals surface area contributed by atoms with E-state index in [2.05, 4.69) is 5.16 Å². The number of hydrogen-bond acceptors (Lipinski definition) is 3. The summed E-state index contributed by atoms with van der Waals surface area (Å²) in [5, 5.41) is 12.3. The summed E-state index contributed by atoms with van der Waals surface area (Å²) in [5.74, 6) is -0.224. The normalized spacial score (nSPS) is 16.0. The lowest BCUT2D eigenvalue weighted by Gasteiger charge is -2.04. The molecule has 0 aromatic heterocycles. The summed E-state index contributed by atoms with van der Waals surface area (Å²) in [5.41, 5.74) is 3.41. The Balaban J connectivity index is 2.30. The minimum absolute atomic E-state index is 0.121. The molecule has 1 aliphatic carbocycles. The Labute approximate surface area is 104 Å². The van der Waals surface area contributed by atoms with Gasteiger partial charge in [0.25, 0.3) is 0 Å². The highest BCUT2D eigenvalue weighted by Crippen LogP contribution is 2.24. The van der Waals surface area contributed by atoms with Gasteiger partial charge in [0, 0.05) is 11.1 Å². The number of carbonyl (C=O) groups is 1. The minimum Gasteiger partial charge on any atom is -0.410 e. The number of nitrogens with zero attached hydrogens (tertiary/aromatic N) is 1. The van der Waals surface area contributed by atoms with Crippen molar-refractivity contribution in [3.8, 4) is 0 Å². The van der Waals surface area contributed by atoms with Gasteiger partial charge in [0.1, 0.15) is 0 Å². The average molecular weight is 237 g/mol. The van der Waals surface area contributed by atoms with Crippen molar-refractivity contribution in [2.75, 3.05) is 0 Å². The second-order valence-corrected chi connectivity index (χ2v) is 4.27. The number of Topliss-reactive ketones (excluding diaryl/α,β-unsaturated/α-hetero) is 1. The number of benzene rings is 2. The van der Waals surface area contributed by atoms with Crippen LogP contribution in [-0.4, -0.2) is 16.7 Å². The molecule has 88 valence electrons. The Morgan fingerprint density at radius 2 is 1.44 bits per heavy atom. The Morgan fingerprint density at radius 1 is 0.889 bits per heavy atom. The van der Waals surface area contributed by atoms with Gasteiger partial charge >= 0.3 is 0 Å². The predicted molar refractivity (Wildman–Crippen MR) is 68.3 cm³/mol. The van der Waals surface area contributed by atoms with Gasteiger partial charge in [-0.05, 0) is 17.5 Å². The molecule has 2 aromatic carbocycles. The maximum absolute atomic E-state index is 12.3. The van der Waals surface area contributed by atoms with Gasteiger partial charge in [0.2, 0.25) is 5.78 Å². The number of oxime groups is 1. The molecule has 0 fully saturated rings. The molecule has 0 amide bonds. The first-order valence-corrected chi connectivity index (χ1v) is 5.74. The molecule has 0 atom stereocenters. The minimum atomic E-state index is -0.224. The van der Waals surface area contributed by atoms with Crippen molar-refractivity contribution in [1.82, 2.24) is 0 Å². The zero-order chi connectivity index (χ0) is 12.5. The second kappa shape index (κ2) is 4.11. The Morgan fingerprint density at radius 3 is 2.11 bits per heavy atom. The van der Waals surface area contributed by atoms with E-state index in [0.717, 1.165) is 11.1 Å². The molecule has 0 saturated heterocycles. The molecule has 0 radical (unpaired) electrons. The van der Waals surface area contributed by atoms with Crippen LogP contribution in [0.5, 0.6) is 0 Å². The van der Waals surface area contributed by atoms with Gasteiger partial charge in [-0.2, -0.15) is 0 Å². The molecule has 0 aliphatic heterocycles. The zero-order valence-corrected chi connectivity index (χ0v) is 9.63. The summed E-state index contributed by atoms with van der Waals surface area (Å²) in [6, 6.07) is 15.0.